The summed E-state index contributed by atoms with van der Waals surface area (Å²) in [6.07, 6.45) is 2.17. The highest BCUT2D eigenvalue weighted by atomic mass is 79.9. The lowest BCUT2D eigenvalue weighted by molar-refractivity contribution is -0.140. The highest BCUT2D eigenvalue weighted by molar-refractivity contribution is 9.10. The van der Waals surface area contributed by atoms with Gasteiger partial charge in [0.1, 0.15) is 23.4 Å². The Balaban J connectivity index is 1.68. The lowest BCUT2D eigenvalue weighted by Gasteiger charge is -2.25. The first kappa shape index (κ1) is 23.0. The number of nitrogens with zero attached hydrogens (tertiary/aromatic N) is 1. The number of aromatic hydroxyl groups is 1. The summed E-state index contributed by atoms with van der Waals surface area (Å²) in [6.45, 7) is 1.96. The van der Waals surface area contributed by atoms with Crippen molar-refractivity contribution in [2.75, 3.05) is 7.11 Å². The number of amides is 1. The molecule has 5 rings (SSSR count). The summed E-state index contributed by atoms with van der Waals surface area (Å²) in [5, 5.41) is 21.7. The molecule has 9 heteroatoms. The quantitative estimate of drug-likeness (QED) is 0.274. The van der Waals surface area contributed by atoms with Gasteiger partial charge in [-0.05, 0) is 76.4 Å². The molecule has 0 spiro atoms. The summed E-state index contributed by atoms with van der Waals surface area (Å²) in [5.74, 6) is -0.627. The number of hydrogen-bond acceptors (Lipinski definition) is 7. The number of ketones is 1. The molecule has 0 aliphatic carbocycles. The molecule has 3 aromatic rings. The van der Waals surface area contributed by atoms with Crippen LogP contribution in [0.5, 0.6) is 17.2 Å². The number of aliphatic hydroxyl groups excluding tert-OH is 1. The van der Waals surface area contributed by atoms with Crippen LogP contribution in [0.3, 0.4) is 0 Å². The number of methoxy groups -OCH3 is 1. The van der Waals surface area contributed by atoms with Crippen LogP contribution in [-0.2, 0) is 22.6 Å². The second kappa shape index (κ2) is 8.81. The van der Waals surface area contributed by atoms with Gasteiger partial charge in [-0.15, -0.1) is 0 Å². The van der Waals surface area contributed by atoms with E-state index in [0.29, 0.717) is 27.8 Å². The number of fused-ring (bicyclic) bond motifs is 1. The fraction of sp³-hybridized carbons (Fsp3) is 0.231. The first-order valence-electron chi connectivity index (χ1n) is 11.0. The van der Waals surface area contributed by atoms with Crippen molar-refractivity contribution >= 4 is 33.4 Å². The van der Waals surface area contributed by atoms with Gasteiger partial charge in [0.05, 0.1) is 36.0 Å². The zero-order valence-electron chi connectivity index (χ0n) is 18.9. The Labute approximate surface area is 209 Å². The topological polar surface area (TPSA) is 109 Å². The molecule has 8 nitrogen and oxygen atoms in total. The summed E-state index contributed by atoms with van der Waals surface area (Å²) in [5.41, 5.74) is 1.73. The maximum Gasteiger partial charge on any atom is 0.296 e. The van der Waals surface area contributed by atoms with E-state index in [4.69, 9.17) is 13.9 Å². The summed E-state index contributed by atoms with van der Waals surface area (Å²) in [7, 11) is 1.40. The maximum atomic E-state index is 13.3. The minimum Gasteiger partial charge on any atom is -0.507 e. The number of carbonyl (C=O) groups excluding carboxylic acids is 2. The molecule has 1 aromatic heterocycles. The largest absolute Gasteiger partial charge is 0.507 e. The molecule has 1 fully saturated rings. The Morgan fingerprint density at radius 2 is 2.03 bits per heavy atom. The Morgan fingerprint density at radius 3 is 2.74 bits per heavy atom. The predicted octanol–water partition coefficient (Wildman–Crippen LogP) is 4.70. The molecule has 2 aliphatic heterocycles. The molecule has 0 unspecified atom stereocenters. The van der Waals surface area contributed by atoms with Gasteiger partial charge in [-0.1, -0.05) is 0 Å². The number of carbonyl (C=O) groups is 2. The van der Waals surface area contributed by atoms with Crippen molar-refractivity contribution in [2.45, 2.75) is 32.0 Å². The van der Waals surface area contributed by atoms with E-state index < -0.39 is 17.7 Å². The van der Waals surface area contributed by atoms with Crippen molar-refractivity contribution in [2.24, 2.45) is 0 Å². The van der Waals surface area contributed by atoms with Gasteiger partial charge in [-0.25, -0.2) is 0 Å². The number of furan rings is 1. The number of rotatable bonds is 5. The Bertz CT molecular complexity index is 1360. The average molecular weight is 540 g/mol. The average Bonchev–Trinajstić information content (AvgIpc) is 3.54. The fourth-order valence-electron chi connectivity index (χ4n) is 4.59. The van der Waals surface area contributed by atoms with E-state index in [1.807, 2.05) is 6.92 Å². The minimum atomic E-state index is -0.950. The van der Waals surface area contributed by atoms with Crippen LogP contribution >= 0.6 is 15.9 Å². The number of ether oxygens (including phenoxy) is 2. The molecule has 3 heterocycles. The number of halogens is 1. The summed E-state index contributed by atoms with van der Waals surface area (Å²) in [4.78, 5) is 27.8. The van der Waals surface area contributed by atoms with Crippen molar-refractivity contribution in [3.05, 3.63) is 81.2 Å². The fourth-order valence-corrected chi connectivity index (χ4v) is 5.05. The van der Waals surface area contributed by atoms with Gasteiger partial charge < -0.3 is 29.0 Å². The van der Waals surface area contributed by atoms with Crippen molar-refractivity contribution in [3.8, 4) is 17.2 Å². The van der Waals surface area contributed by atoms with Crippen molar-refractivity contribution in [1.29, 1.82) is 0 Å². The number of phenolic OH excluding ortho intramolecular Hbond substituents is 1. The lowest BCUT2D eigenvalue weighted by atomic mass is 9.94. The van der Waals surface area contributed by atoms with Crippen LogP contribution in [0.25, 0.3) is 5.76 Å². The maximum absolute atomic E-state index is 13.3. The third-order valence-corrected chi connectivity index (χ3v) is 6.81. The number of likely N-dealkylation sites (tertiary alicyclic amines) is 1. The standard InChI is InChI=1S/C26H22BrNO7/c1-13-8-15-9-14(5-6-19(15)35-13)23(29)21-22(16-10-18(27)24(30)20(11-16)33-2)28(26(32)25(21)31)12-17-4-3-7-34-17/h3-7,9-11,13,22,29-30H,8,12H2,1-2H3/b23-21+/t13-,22+/m0/s1. The van der Waals surface area contributed by atoms with E-state index in [1.165, 1.54) is 24.3 Å². The van der Waals surface area contributed by atoms with E-state index in [9.17, 15) is 19.8 Å². The number of Topliss-reactive ketones (excluding diaryl/α,β-unsaturated/α-hetero) is 1. The molecule has 1 saturated heterocycles. The van der Waals surface area contributed by atoms with Gasteiger partial charge in [0.25, 0.3) is 11.7 Å². The highest BCUT2D eigenvalue weighted by Gasteiger charge is 2.47. The zero-order valence-corrected chi connectivity index (χ0v) is 20.5. The van der Waals surface area contributed by atoms with Gasteiger partial charge in [-0.2, -0.15) is 0 Å². The third-order valence-electron chi connectivity index (χ3n) is 6.20. The summed E-state index contributed by atoms with van der Waals surface area (Å²) >= 11 is 3.31. The normalized spacial score (nSPS) is 20.7. The van der Waals surface area contributed by atoms with Crippen molar-refractivity contribution in [1.82, 2.24) is 4.90 Å². The Morgan fingerprint density at radius 1 is 1.23 bits per heavy atom. The molecule has 0 radical (unpaired) electrons. The minimum absolute atomic E-state index is 0.00930. The second-order valence-electron chi connectivity index (χ2n) is 8.52. The smallest absolute Gasteiger partial charge is 0.296 e. The van der Waals surface area contributed by atoms with E-state index in [-0.39, 0.29) is 35.5 Å². The molecule has 2 aliphatic rings. The predicted molar refractivity (Wildman–Crippen MR) is 129 cm³/mol. The lowest BCUT2D eigenvalue weighted by Crippen LogP contribution is -2.29. The SMILES string of the molecule is COc1cc([C@@H]2/C(=C(\O)c3ccc4c(c3)C[C@H](C)O4)C(=O)C(=O)N2Cc2ccco2)cc(Br)c1O. The van der Waals surface area contributed by atoms with E-state index >= 15 is 0 Å². The molecule has 0 bridgehead atoms. The van der Waals surface area contributed by atoms with E-state index in [2.05, 4.69) is 15.9 Å². The van der Waals surface area contributed by atoms with Crippen LogP contribution in [-0.4, -0.2) is 40.0 Å². The van der Waals surface area contributed by atoms with Gasteiger partial charge in [0.15, 0.2) is 11.5 Å². The highest BCUT2D eigenvalue weighted by Crippen LogP contribution is 2.45. The van der Waals surface area contributed by atoms with Crippen LogP contribution in [0.4, 0.5) is 0 Å². The second-order valence-corrected chi connectivity index (χ2v) is 9.37. The third kappa shape index (κ3) is 3.95. The first-order chi connectivity index (χ1) is 16.8. The van der Waals surface area contributed by atoms with Gasteiger partial charge in [0.2, 0.25) is 0 Å². The molecule has 2 atom stereocenters. The molecule has 0 saturated carbocycles. The van der Waals surface area contributed by atoms with E-state index in [0.717, 1.165) is 11.3 Å². The number of phenols is 1. The van der Waals surface area contributed by atoms with Crippen LogP contribution < -0.4 is 9.47 Å². The molecule has 35 heavy (non-hydrogen) atoms. The Kier molecular flexibility index (Phi) is 5.80. The first-order valence-corrected chi connectivity index (χ1v) is 11.7. The van der Waals surface area contributed by atoms with Crippen LogP contribution in [0.2, 0.25) is 0 Å². The number of benzene rings is 2. The molecular formula is C26H22BrNO7. The number of aliphatic hydroxyl groups is 1. The van der Waals surface area contributed by atoms with Gasteiger partial charge in [-0.3, -0.25) is 9.59 Å². The van der Waals surface area contributed by atoms with Crippen molar-refractivity contribution in [3.63, 3.8) is 0 Å². The van der Waals surface area contributed by atoms with Gasteiger partial charge >= 0.3 is 0 Å². The number of hydrogen-bond donors (Lipinski definition) is 2. The van der Waals surface area contributed by atoms with Crippen LogP contribution in [0.15, 0.2) is 63.2 Å². The monoisotopic (exact) mass is 539 g/mol. The zero-order chi connectivity index (χ0) is 24.9. The van der Waals surface area contributed by atoms with Crippen LogP contribution in [0, 0.1) is 0 Å². The summed E-state index contributed by atoms with van der Waals surface area (Å²) < 4.78 is 16.8. The molecule has 2 aromatic carbocycles. The molecule has 2 N–H and O–H groups in total. The Hall–Kier alpha value is -3.72. The molecule has 180 valence electrons. The van der Waals surface area contributed by atoms with Crippen molar-refractivity contribution < 1.29 is 33.7 Å². The summed E-state index contributed by atoms with van der Waals surface area (Å²) in [6, 6.07) is 10.8. The van der Waals surface area contributed by atoms with Gasteiger partial charge in [0, 0.05) is 12.0 Å². The van der Waals surface area contributed by atoms with E-state index in [1.54, 1.807) is 36.4 Å². The van der Waals surface area contributed by atoms with Crippen LogP contribution in [0.1, 0.15) is 35.4 Å². The molecule has 1 amide bonds. The molecular weight excluding hydrogens is 518 g/mol.